The van der Waals surface area contributed by atoms with E-state index in [4.69, 9.17) is 4.74 Å². The Morgan fingerprint density at radius 3 is 2.36 bits per heavy atom. The molecule has 2 rings (SSSR count). The first-order chi connectivity index (χ1) is 11.8. The minimum atomic E-state index is -0.186. The van der Waals surface area contributed by atoms with Gasteiger partial charge in [0.2, 0.25) is 11.0 Å². The van der Waals surface area contributed by atoms with E-state index in [1.165, 1.54) is 11.3 Å². The number of ether oxygens (including phenoxy) is 1. The van der Waals surface area contributed by atoms with E-state index in [0.29, 0.717) is 11.0 Å². The topological polar surface area (TPSA) is 67.4 Å². The van der Waals surface area contributed by atoms with E-state index in [1.54, 1.807) is 0 Å². The first-order valence-electron chi connectivity index (χ1n) is 9.39. The SMILES string of the molecule is CCC(CC)c1nnc(NC(=O)C(C(C)C)N2CC(C)OC(C)C2)s1. The van der Waals surface area contributed by atoms with E-state index < -0.39 is 0 Å². The Kier molecular flexibility index (Phi) is 7.34. The number of carbonyl (C=O) groups is 1. The van der Waals surface area contributed by atoms with E-state index >= 15 is 0 Å². The fourth-order valence-electron chi connectivity index (χ4n) is 3.60. The Hall–Kier alpha value is -1.05. The summed E-state index contributed by atoms with van der Waals surface area (Å²) in [5.74, 6) is 0.637. The molecule has 3 unspecified atom stereocenters. The summed E-state index contributed by atoms with van der Waals surface area (Å²) in [6, 6.07) is -0.186. The Labute approximate surface area is 155 Å². The summed E-state index contributed by atoms with van der Waals surface area (Å²) in [7, 11) is 0. The minimum absolute atomic E-state index is 0.00328. The molecule has 0 aliphatic carbocycles. The number of hydrogen-bond acceptors (Lipinski definition) is 6. The van der Waals surface area contributed by atoms with Crippen molar-refractivity contribution >= 4 is 22.4 Å². The van der Waals surface area contributed by atoms with Crippen molar-refractivity contribution < 1.29 is 9.53 Å². The summed E-state index contributed by atoms with van der Waals surface area (Å²) in [5.41, 5.74) is 0. The molecule has 1 fully saturated rings. The van der Waals surface area contributed by atoms with Crippen molar-refractivity contribution in [2.24, 2.45) is 5.92 Å². The van der Waals surface area contributed by atoms with Crippen LogP contribution in [0, 0.1) is 5.92 Å². The van der Waals surface area contributed by atoms with Gasteiger partial charge in [-0.25, -0.2) is 0 Å². The Bertz CT molecular complexity index is 549. The van der Waals surface area contributed by atoms with Gasteiger partial charge in [0.25, 0.3) is 0 Å². The van der Waals surface area contributed by atoms with Crippen molar-refractivity contribution in [2.75, 3.05) is 18.4 Å². The molecule has 1 saturated heterocycles. The molecule has 0 spiro atoms. The zero-order chi connectivity index (χ0) is 18.6. The zero-order valence-electron chi connectivity index (χ0n) is 16.3. The van der Waals surface area contributed by atoms with Crippen LogP contribution in [0.15, 0.2) is 0 Å². The standard InChI is InChI=1S/C18H32N4O2S/c1-7-14(8-2)17-20-21-18(25-17)19-16(23)15(11(3)4)22-9-12(5)24-13(6)10-22/h11-15H,7-10H2,1-6H3,(H,19,21,23). The van der Waals surface area contributed by atoms with Gasteiger partial charge in [-0.05, 0) is 32.6 Å². The van der Waals surface area contributed by atoms with Gasteiger partial charge in [0.15, 0.2) is 0 Å². The van der Waals surface area contributed by atoms with Crippen LogP contribution in [-0.2, 0) is 9.53 Å². The van der Waals surface area contributed by atoms with Crippen LogP contribution in [0.1, 0.15) is 65.3 Å². The number of hydrogen-bond donors (Lipinski definition) is 1. The van der Waals surface area contributed by atoms with E-state index in [2.05, 4.69) is 62.0 Å². The lowest BCUT2D eigenvalue weighted by atomic mass is 10.00. The van der Waals surface area contributed by atoms with Crippen LogP contribution in [0.2, 0.25) is 0 Å². The highest BCUT2D eigenvalue weighted by Gasteiger charge is 2.34. The first kappa shape index (κ1) is 20.3. The minimum Gasteiger partial charge on any atom is -0.373 e. The van der Waals surface area contributed by atoms with Crippen LogP contribution >= 0.6 is 11.3 Å². The zero-order valence-corrected chi connectivity index (χ0v) is 17.1. The largest absolute Gasteiger partial charge is 0.373 e. The number of anilines is 1. The van der Waals surface area contributed by atoms with Crippen LogP contribution in [0.4, 0.5) is 5.13 Å². The molecule has 1 aliphatic rings. The molecular weight excluding hydrogens is 336 g/mol. The molecule has 0 aromatic carbocycles. The van der Waals surface area contributed by atoms with Crippen LogP contribution in [-0.4, -0.2) is 52.3 Å². The Morgan fingerprint density at radius 2 is 1.84 bits per heavy atom. The van der Waals surface area contributed by atoms with Gasteiger partial charge < -0.3 is 4.74 Å². The van der Waals surface area contributed by atoms with Gasteiger partial charge in [0.1, 0.15) is 5.01 Å². The number of amides is 1. The molecule has 0 bridgehead atoms. The van der Waals surface area contributed by atoms with E-state index in [9.17, 15) is 4.79 Å². The lowest BCUT2D eigenvalue weighted by Crippen LogP contribution is -2.55. The van der Waals surface area contributed by atoms with E-state index in [0.717, 1.165) is 30.9 Å². The number of carbonyl (C=O) groups excluding carboxylic acids is 1. The molecule has 7 heteroatoms. The van der Waals surface area contributed by atoms with Crippen molar-refractivity contribution in [3.63, 3.8) is 0 Å². The fourth-order valence-corrected chi connectivity index (χ4v) is 4.62. The smallest absolute Gasteiger partial charge is 0.243 e. The molecule has 1 N–H and O–H groups in total. The highest BCUT2D eigenvalue weighted by Crippen LogP contribution is 2.28. The van der Waals surface area contributed by atoms with Gasteiger partial charge in [-0.15, -0.1) is 10.2 Å². The molecule has 1 aromatic heterocycles. The average molecular weight is 369 g/mol. The third kappa shape index (κ3) is 5.21. The summed E-state index contributed by atoms with van der Waals surface area (Å²) in [4.78, 5) is 15.2. The predicted octanol–water partition coefficient (Wildman–Crippen LogP) is 3.51. The number of aromatic nitrogens is 2. The summed E-state index contributed by atoms with van der Waals surface area (Å²) >= 11 is 1.50. The molecule has 0 saturated carbocycles. The lowest BCUT2D eigenvalue weighted by Gasteiger charge is -2.40. The molecule has 1 aliphatic heterocycles. The van der Waals surface area contributed by atoms with Gasteiger partial charge in [0, 0.05) is 19.0 Å². The van der Waals surface area contributed by atoms with Crippen molar-refractivity contribution in [3.05, 3.63) is 5.01 Å². The van der Waals surface area contributed by atoms with Crippen LogP contribution in [0.3, 0.4) is 0 Å². The maximum absolute atomic E-state index is 12.9. The van der Waals surface area contributed by atoms with Gasteiger partial charge >= 0.3 is 0 Å². The molecule has 1 aromatic rings. The van der Waals surface area contributed by atoms with Crippen molar-refractivity contribution in [1.82, 2.24) is 15.1 Å². The number of nitrogens with zero attached hydrogens (tertiary/aromatic N) is 3. The molecular formula is C18H32N4O2S. The first-order valence-corrected chi connectivity index (χ1v) is 10.2. The van der Waals surface area contributed by atoms with Crippen molar-refractivity contribution in [1.29, 1.82) is 0 Å². The second kappa shape index (κ2) is 9.05. The summed E-state index contributed by atoms with van der Waals surface area (Å²) in [6.07, 6.45) is 2.36. The number of rotatable bonds is 7. The normalized spacial score (nSPS) is 23.2. The van der Waals surface area contributed by atoms with Crippen LogP contribution in [0.5, 0.6) is 0 Å². The van der Waals surface area contributed by atoms with Crippen LogP contribution in [0.25, 0.3) is 0 Å². The molecule has 2 heterocycles. The van der Waals surface area contributed by atoms with E-state index in [1.807, 2.05) is 0 Å². The quantitative estimate of drug-likeness (QED) is 0.798. The number of morpholine rings is 1. The number of nitrogens with one attached hydrogen (secondary N) is 1. The molecule has 6 nitrogen and oxygen atoms in total. The maximum Gasteiger partial charge on any atom is 0.243 e. The third-order valence-corrected chi connectivity index (χ3v) is 5.75. The van der Waals surface area contributed by atoms with E-state index in [-0.39, 0.29) is 30.1 Å². The summed E-state index contributed by atoms with van der Waals surface area (Å²) in [5, 5.41) is 13.1. The lowest BCUT2D eigenvalue weighted by molar-refractivity contribution is -0.130. The van der Waals surface area contributed by atoms with Gasteiger partial charge in [-0.1, -0.05) is 39.0 Å². The summed E-state index contributed by atoms with van der Waals surface area (Å²) in [6.45, 7) is 14.2. The predicted molar refractivity (Wildman–Crippen MR) is 102 cm³/mol. The summed E-state index contributed by atoms with van der Waals surface area (Å²) < 4.78 is 5.81. The molecule has 25 heavy (non-hydrogen) atoms. The second-order valence-corrected chi connectivity index (χ2v) is 8.36. The van der Waals surface area contributed by atoms with Gasteiger partial charge in [0.05, 0.1) is 18.2 Å². The monoisotopic (exact) mass is 368 g/mol. The van der Waals surface area contributed by atoms with Crippen molar-refractivity contribution in [3.8, 4) is 0 Å². The second-order valence-electron chi connectivity index (χ2n) is 7.35. The molecule has 0 radical (unpaired) electrons. The molecule has 3 atom stereocenters. The Balaban J connectivity index is 2.08. The Morgan fingerprint density at radius 1 is 1.24 bits per heavy atom. The third-order valence-electron chi connectivity index (χ3n) is 4.75. The molecule has 142 valence electrons. The van der Waals surface area contributed by atoms with Gasteiger partial charge in [-0.3, -0.25) is 15.0 Å². The van der Waals surface area contributed by atoms with Crippen molar-refractivity contribution in [2.45, 2.75) is 78.6 Å². The highest BCUT2D eigenvalue weighted by atomic mass is 32.1. The maximum atomic E-state index is 12.9. The molecule has 1 amide bonds. The average Bonchev–Trinajstić information content (AvgIpc) is 2.95. The fraction of sp³-hybridized carbons (Fsp3) is 0.833. The highest BCUT2D eigenvalue weighted by molar-refractivity contribution is 7.15. The van der Waals surface area contributed by atoms with Gasteiger partial charge in [-0.2, -0.15) is 0 Å². The van der Waals surface area contributed by atoms with Crippen LogP contribution < -0.4 is 5.32 Å².